The predicted octanol–water partition coefficient (Wildman–Crippen LogP) is 12.4. The van der Waals surface area contributed by atoms with Gasteiger partial charge < -0.3 is 13.6 Å². The van der Waals surface area contributed by atoms with Crippen LogP contribution in [0.3, 0.4) is 0 Å². The molecular formula is C51H33N5O. The van der Waals surface area contributed by atoms with Gasteiger partial charge in [0.25, 0.3) is 0 Å². The molecule has 0 bridgehead atoms. The van der Waals surface area contributed by atoms with Crippen molar-refractivity contribution in [3.63, 3.8) is 0 Å². The van der Waals surface area contributed by atoms with Crippen molar-refractivity contribution in [3.8, 4) is 56.9 Å². The quantitative estimate of drug-likeness (QED) is 0.177. The molecule has 6 heteroatoms. The summed E-state index contributed by atoms with van der Waals surface area (Å²) in [5, 5.41) is 4.74. The lowest BCUT2D eigenvalue weighted by atomic mass is 9.92. The Hall–Kier alpha value is -7.57. The molecular weight excluding hydrogens is 699 g/mol. The largest absolute Gasteiger partial charge is 0.455 e. The van der Waals surface area contributed by atoms with Gasteiger partial charge in [-0.15, -0.1) is 0 Å². The molecule has 11 aromatic rings. The monoisotopic (exact) mass is 731 g/mol. The third kappa shape index (κ3) is 4.87. The number of furan rings is 1. The number of benzene rings is 7. The highest BCUT2D eigenvalue weighted by Crippen LogP contribution is 2.48. The molecule has 0 fully saturated rings. The van der Waals surface area contributed by atoms with Crippen molar-refractivity contribution in [2.45, 2.75) is 12.8 Å². The van der Waals surface area contributed by atoms with E-state index >= 15 is 0 Å². The maximum absolute atomic E-state index is 7.17. The zero-order valence-electron chi connectivity index (χ0n) is 30.8. The van der Waals surface area contributed by atoms with E-state index < -0.39 is 0 Å². The van der Waals surface area contributed by atoms with Gasteiger partial charge in [0, 0.05) is 61.0 Å². The number of para-hydroxylation sites is 3. The van der Waals surface area contributed by atoms with Crippen LogP contribution in [0.25, 0.3) is 101 Å². The Kier molecular flexibility index (Phi) is 6.95. The summed E-state index contributed by atoms with van der Waals surface area (Å²) in [5.41, 5.74) is 13.2. The minimum absolute atomic E-state index is 0.639. The Balaban J connectivity index is 1.01. The van der Waals surface area contributed by atoms with Gasteiger partial charge in [-0.2, -0.15) is 0 Å². The summed E-state index contributed by atoms with van der Waals surface area (Å²) in [5.74, 6) is 2.92. The molecule has 6 nitrogen and oxygen atoms in total. The van der Waals surface area contributed by atoms with Crippen LogP contribution in [-0.2, 0) is 12.8 Å². The number of aromatic nitrogens is 5. The van der Waals surface area contributed by atoms with Gasteiger partial charge in [-0.1, -0.05) is 115 Å². The molecule has 4 aromatic heterocycles. The third-order valence-corrected chi connectivity index (χ3v) is 11.5. The third-order valence-electron chi connectivity index (χ3n) is 11.5. The SMILES string of the molecule is c1ccc(-c2nc(-c3ccccc3)nc(-c3ccc(-n4c5c(c6ccccc64)-c4oc6c(ccc7c6c6ccccc6n7-c6ccccc6)c4CC5)cc3)n2)cc1. The minimum atomic E-state index is 0.639. The molecule has 57 heavy (non-hydrogen) atoms. The first-order valence-electron chi connectivity index (χ1n) is 19.4. The van der Waals surface area contributed by atoms with E-state index in [0.29, 0.717) is 17.5 Å². The lowest BCUT2D eigenvalue weighted by molar-refractivity contribution is 0.623. The van der Waals surface area contributed by atoms with Crippen LogP contribution in [0, 0.1) is 0 Å². The molecule has 0 saturated heterocycles. The Morgan fingerprint density at radius 2 is 0.930 bits per heavy atom. The first-order valence-corrected chi connectivity index (χ1v) is 19.4. The summed E-state index contributed by atoms with van der Waals surface area (Å²) in [6.45, 7) is 0. The Labute approximate surface area is 328 Å². The zero-order chi connectivity index (χ0) is 37.5. The number of rotatable bonds is 5. The molecule has 7 aromatic carbocycles. The van der Waals surface area contributed by atoms with Crippen molar-refractivity contribution in [2.24, 2.45) is 0 Å². The molecule has 0 N–H and O–H groups in total. The molecule has 0 spiro atoms. The van der Waals surface area contributed by atoms with Crippen LogP contribution < -0.4 is 0 Å². The Morgan fingerprint density at radius 3 is 1.58 bits per heavy atom. The number of hydrogen-bond donors (Lipinski definition) is 0. The van der Waals surface area contributed by atoms with Gasteiger partial charge in [0.05, 0.1) is 21.9 Å². The second-order valence-electron chi connectivity index (χ2n) is 14.7. The molecule has 0 amide bonds. The van der Waals surface area contributed by atoms with E-state index in [1.165, 1.54) is 38.5 Å². The number of fused-ring (bicyclic) bond motifs is 11. The standard InChI is InChI=1S/C51H33N5O/c1-4-14-32(15-5-1)49-52-50(33-16-6-2-7-17-33)54-51(53-49)34-24-26-36(27-25-34)56-42-23-13-11-21-40(42)46-44(56)31-29-38-37-28-30-43-45(47(37)57-48(38)46)39-20-10-12-22-41(39)55(43)35-18-8-3-9-19-35/h1-28,30H,29,31H2. The fraction of sp³-hybridized carbons (Fsp3) is 0.0392. The molecule has 0 aliphatic heterocycles. The summed E-state index contributed by atoms with van der Waals surface area (Å²) < 4.78 is 11.9. The zero-order valence-corrected chi connectivity index (χ0v) is 30.8. The predicted molar refractivity (Wildman–Crippen MR) is 230 cm³/mol. The molecule has 0 radical (unpaired) electrons. The van der Waals surface area contributed by atoms with Crippen LogP contribution in [-0.4, -0.2) is 24.1 Å². The van der Waals surface area contributed by atoms with E-state index in [1.54, 1.807) is 0 Å². The fourth-order valence-corrected chi connectivity index (χ4v) is 8.98. The Bertz CT molecular complexity index is 3270. The van der Waals surface area contributed by atoms with Crippen LogP contribution in [0.15, 0.2) is 180 Å². The van der Waals surface area contributed by atoms with Gasteiger partial charge >= 0.3 is 0 Å². The second kappa shape index (κ2) is 12.5. The van der Waals surface area contributed by atoms with E-state index in [1.807, 2.05) is 60.7 Å². The highest BCUT2D eigenvalue weighted by Gasteiger charge is 2.31. The van der Waals surface area contributed by atoms with Gasteiger partial charge in [-0.25, -0.2) is 15.0 Å². The molecule has 4 heterocycles. The fourth-order valence-electron chi connectivity index (χ4n) is 8.98. The first-order chi connectivity index (χ1) is 28.3. The average molecular weight is 732 g/mol. The summed E-state index contributed by atoms with van der Waals surface area (Å²) in [6.07, 6.45) is 1.79. The summed E-state index contributed by atoms with van der Waals surface area (Å²) in [7, 11) is 0. The van der Waals surface area contributed by atoms with Crippen molar-refractivity contribution in [2.75, 3.05) is 0 Å². The molecule has 0 unspecified atom stereocenters. The van der Waals surface area contributed by atoms with Crippen LogP contribution in [0.2, 0.25) is 0 Å². The van der Waals surface area contributed by atoms with Crippen LogP contribution in [0.4, 0.5) is 0 Å². The van der Waals surface area contributed by atoms with Crippen molar-refractivity contribution in [1.29, 1.82) is 0 Å². The topological polar surface area (TPSA) is 61.7 Å². The van der Waals surface area contributed by atoms with Gasteiger partial charge in [0.1, 0.15) is 11.3 Å². The van der Waals surface area contributed by atoms with Gasteiger partial charge in [-0.3, -0.25) is 0 Å². The Morgan fingerprint density at radius 1 is 0.404 bits per heavy atom. The lowest BCUT2D eigenvalue weighted by Crippen LogP contribution is -2.07. The van der Waals surface area contributed by atoms with Crippen molar-refractivity contribution in [1.82, 2.24) is 24.1 Å². The van der Waals surface area contributed by atoms with Gasteiger partial charge in [0.2, 0.25) is 0 Å². The molecule has 1 aliphatic carbocycles. The first kappa shape index (κ1) is 31.7. The molecule has 0 atom stereocenters. The van der Waals surface area contributed by atoms with E-state index in [4.69, 9.17) is 19.4 Å². The van der Waals surface area contributed by atoms with E-state index in [2.05, 4.69) is 124 Å². The summed E-state index contributed by atoms with van der Waals surface area (Å²) in [6, 6.07) is 61.4. The van der Waals surface area contributed by atoms with Crippen molar-refractivity contribution in [3.05, 3.63) is 187 Å². The molecule has 0 saturated carbocycles. The van der Waals surface area contributed by atoms with Crippen LogP contribution in [0.1, 0.15) is 11.3 Å². The van der Waals surface area contributed by atoms with Gasteiger partial charge in [-0.05, 0) is 73.5 Å². The van der Waals surface area contributed by atoms with E-state index in [9.17, 15) is 0 Å². The highest BCUT2D eigenvalue weighted by atomic mass is 16.3. The van der Waals surface area contributed by atoms with Gasteiger partial charge in [0.15, 0.2) is 17.5 Å². The molecule has 268 valence electrons. The van der Waals surface area contributed by atoms with Crippen LogP contribution in [0.5, 0.6) is 0 Å². The minimum Gasteiger partial charge on any atom is -0.455 e. The smallest absolute Gasteiger partial charge is 0.164 e. The second-order valence-corrected chi connectivity index (χ2v) is 14.7. The lowest BCUT2D eigenvalue weighted by Gasteiger charge is -2.16. The van der Waals surface area contributed by atoms with Crippen LogP contribution >= 0.6 is 0 Å². The average Bonchev–Trinajstić information content (AvgIpc) is 3.95. The normalized spacial score (nSPS) is 12.4. The highest BCUT2D eigenvalue weighted by molar-refractivity contribution is 6.21. The van der Waals surface area contributed by atoms with E-state index in [-0.39, 0.29) is 0 Å². The van der Waals surface area contributed by atoms with Crippen molar-refractivity contribution >= 4 is 43.7 Å². The molecule has 1 aliphatic rings. The molecule has 12 rings (SSSR count). The maximum Gasteiger partial charge on any atom is 0.164 e. The number of hydrogen-bond acceptors (Lipinski definition) is 4. The number of aryl methyl sites for hydroxylation is 1. The van der Waals surface area contributed by atoms with E-state index in [0.717, 1.165) is 68.7 Å². The van der Waals surface area contributed by atoms with Crippen molar-refractivity contribution < 1.29 is 4.42 Å². The summed E-state index contributed by atoms with van der Waals surface area (Å²) in [4.78, 5) is 14.8. The number of nitrogens with zero attached hydrogens (tertiary/aromatic N) is 5. The maximum atomic E-state index is 7.17. The summed E-state index contributed by atoms with van der Waals surface area (Å²) >= 11 is 0.